The van der Waals surface area contributed by atoms with Gasteiger partial charge in [0.1, 0.15) is 0 Å². The summed E-state index contributed by atoms with van der Waals surface area (Å²) in [7, 11) is -3.47. The van der Waals surface area contributed by atoms with Gasteiger partial charge in [0.2, 0.25) is 0 Å². The summed E-state index contributed by atoms with van der Waals surface area (Å²) in [6, 6.07) is 0. The minimum absolute atomic E-state index is 0.677. The highest BCUT2D eigenvalue weighted by atomic mass is 28.3. The molecule has 0 saturated heterocycles. The van der Waals surface area contributed by atoms with Crippen LogP contribution >= 0.6 is 0 Å². The average Bonchev–Trinajstić information content (AvgIpc) is 2.50. The van der Waals surface area contributed by atoms with Crippen LogP contribution in [0.1, 0.15) is 48.5 Å². The van der Waals surface area contributed by atoms with Gasteiger partial charge in [-0.15, -0.1) is 6.58 Å². The van der Waals surface area contributed by atoms with E-state index >= 15 is 0 Å². The molecule has 0 saturated carbocycles. The molecule has 23 heavy (non-hydrogen) atoms. The minimum Gasteiger partial charge on any atom is -0.376 e. The first-order valence-electron chi connectivity index (χ1n) is 8.37. The lowest BCUT2D eigenvalue weighted by atomic mass is 10.8. The summed E-state index contributed by atoms with van der Waals surface area (Å²) in [5.41, 5.74) is 0. The van der Waals surface area contributed by atoms with E-state index in [0.717, 1.165) is 0 Å². The van der Waals surface area contributed by atoms with Gasteiger partial charge < -0.3 is 26.6 Å². The van der Waals surface area contributed by atoms with Crippen LogP contribution in [-0.4, -0.2) is 58.7 Å². The molecule has 0 aromatic heterocycles. The molecular weight excluding hydrogens is 332 g/mol. The van der Waals surface area contributed by atoms with Crippen molar-refractivity contribution in [2.75, 3.05) is 39.6 Å². The Bertz CT molecular complexity index is 164. The van der Waals surface area contributed by atoms with E-state index in [1.165, 1.54) is 0 Å². The summed E-state index contributed by atoms with van der Waals surface area (Å²) in [5.74, 6) is 0. The van der Waals surface area contributed by atoms with Gasteiger partial charge in [0, 0.05) is 39.6 Å². The molecule has 0 N–H and O–H groups in total. The van der Waals surface area contributed by atoms with E-state index in [1.54, 1.807) is 6.08 Å². The van der Waals surface area contributed by atoms with Crippen molar-refractivity contribution in [3.8, 4) is 0 Å². The van der Waals surface area contributed by atoms with Crippen molar-refractivity contribution in [3.63, 3.8) is 0 Å². The maximum Gasteiger partial charge on any atom is 0.484 e. The molecule has 0 fully saturated rings. The Balaban J connectivity index is -0.000000297. The molecule has 6 nitrogen and oxygen atoms in total. The maximum absolute atomic E-state index is 5.22. The van der Waals surface area contributed by atoms with E-state index < -0.39 is 19.1 Å². The van der Waals surface area contributed by atoms with Crippen LogP contribution in [0, 0.1) is 0 Å². The molecule has 0 aliphatic heterocycles. The Hall–Kier alpha value is -0.0662. The quantitative estimate of drug-likeness (QED) is 0.389. The topological polar surface area (TPSA) is 55.4 Å². The lowest BCUT2D eigenvalue weighted by Gasteiger charge is -2.12. The first kappa shape index (κ1) is 27.8. The van der Waals surface area contributed by atoms with E-state index in [1.807, 2.05) is 48.5 Å². The number of rotatable bonds is 12. The monoisotopic (exact) mass is 370 g/mol. The highest BCUT2D eigenvalue weighted by molar-refractivity contribution is 6.36. The number of hydrogen-bond donors (Lipinski definition) is 0. The largest absolute Gasteiger partial charge is 0.484 e. The molecule has 0 atom stereocenters. The van der Waals surface area contributed by atoms with E-state index in [2.05, 4.69) is 6.58 Å². The molecule has 0 aromatic carbocycles. The van der Waals surface area contributed by atoms with E-state index in [9.17, 15) is 0 Å². The molecule has 0 bridgehead atoms. The molecule has 0 rings (SSSR count). The van der Waals surface area contributed by atoms with Crippen LogP contribution in [-0.2, 0) is 26.6 Å². The van der Waals surface area contributed by atoms with Gasteiger partial charge in [-0.1, -0.05) is 6.08 Å². The smallest absolute Gasteiger partial charge is 0.376 e. The molecule has 0 heterocycles. The van der Waals surface area contributed by atoms with Gasteiger partial charge in [0.25, 0.3) is 0 Å². The normalized spacial score (nSPS) is 9.96. The molecule has 0 aromatic rings. The summed E-state index contributed by atoms with van der Waals surface area (Å²) in [4.78, 5) is 0. The molecule has 0 aliphatic carbocycles. The first-order chi connectivity index (χ1) is 11.1. The van der Waals surface area contributed by atoms with Crippen LogP contribution in [0.15, 0.2) is 12.7 Å². The van der Waals surface area contributed by atoms with Crippen molar-refractivity contribution in [1.82, 2.24) is 0 Å². The summed E-state index contributed by atoms with van der Waals surface area (Å²) >= 11 is 0. The van der Waals surface area contributed by atoms with Gasteiger partial charge in [0.05, 0.1) is 0 Å². The second-order valence-electron chi connectivity index (χ2n) is 3.72. The van der Waals surface area contributed by atoms with E-state index in [4.69, 9.17) is 26.6 Å². The zero-order chi connectivity index (χ0) is 18.3. The molecule has 0 amide bonds. The zero-order valence-corrected chi connectivity index (χ0v) is 18.4. The number of allylic oxidation sites excluding steroid dienone is 1. The maximum atomic E-state index is 5.22. The Morgan fingerprint density at radius 1 is 0.565 bits per heavy atom. The molecule has 0 unspecified atom stereocenters. The molecule has 0 aliphatic rings. The van der Waals surface area contributed by atoms with Crippen molar-refractivity contribution in [3.05, 3.63) is 12.7 Å². The van der Waals surface area contributed by atoms with Gasteiger partial charge in [-0.05, 0) is 48.5 Å². The third-order valence-electron chi connectivity index (χ3n) is 1.82. The molecular formula is C15H38O6Si2. The molecule has 142 valence electrons. The number of hydrogen-bond acceptors (Lipinski definition) is 6. The fourth-order valence-electron chi connectivity index (χ4n) is 1.11. The summed E-state index contributed by atoms with van der Waals surface area (Å²) in [5, 5.41) is 0. The average molecular weight is 371 g/mol. The Morgan fingerprint density at radius 2 is 0.696 bits per heavy atom. The second-order valence-corrected chi connectivity index (χ2v) is 6.87. The molecule has 8 heteroatoms. The van der Waals surface area contributed by atoms with Crippen molar-refractivity contribution < 1.29 is 26.6 Å². The Labute approximate surface area is 147 Å². The Morgan fingerprint density at radius 3 is 0.783 bits per heavy atom. The third-order valence-corrected chi connectivity index (χ3v) is 5.45. The van der Waals surface area contributed by atoms with Crippen molar-refractivity contribution in [1.29, 1.82) is 0 Å². The highest BCUT2D eigenvalue weighted by Crippen LogP contribution is 1.91. The Kier molecular flexibility index (Phi) is 32.4. The van der Waals surface area contributed by atoms with Crippen LogP contribution in [0.2, 0.25) is 0 Å². The second kappa shape index (κ2) is 26.8. The van der Waals surface area contributed by atoms with Crippen LogP contribution in [0.3, 0.4) is 0 Å². The van der Waals surface area contributed by atoms with Gasteiger partial charge in [-0.3, -0.25) is 0 Å². The molecule has 0 spiro atoms. The van der Waals surface area contributed by atoms with Crippen LogP contribution in [0.4, 0.5) is 0 Å². The lowest BCUT2D eigenvalue weighted by Crippen LogP contribution is -2.27. The van der Waals surface area contributed by atoms with E-state index in [0.29, 0.717) is 39.6 Å². The van der Waals surface area contributed by atoms with Gasteiger partial charge in [-0.2, -0.15) is 0 Å². The van der Waals surface area contributed by atoms with Crippen molar-refractivity contribution >= 4 is 19.1 Å². The third kappa shape index (κ3) is 27.1. The predicted octanol–water partition coefficient (Wildman–Crippen LogP) is 2.82. The van der Waals surface area contributed by atoms with Crippen molar-refractivity contribution in [2.45, 2.75) is 48.5 Å². The zero-order valence-electron chi connectivity index (χ0n) is 16.1. The van der Waals surface area contributed by atoms with Gasteiger partial charge in [-0.25, -0.2) is 0 Å². The highest BCUT2D eigenvalue weighted by Gasteiger charge is 2.11. The summed E-state index contributed by atoms with van der Waals surface area (Å²) in [6.07, 6.45) is 1.75. The minimum atomic E-state index is -1.73. The first-order valence-corrected chi connectivity index (χ1v) is 11.2. The van der Waals surface area contributed by atoms with E-state index in [-0.39, 0.29) is 0 Å². The van der Waals surface area contributed by atoms with Gasteiger partial charge >= 0.3 is 19.1 Å². The van der Waals surface area contributed by atoms with Crippen molar-refractivity contribution in [2.24, 2.45) is 0 Å². The van der Waals surface area contributed by atoms with Gasteiger partial charge in [0.15, 0.2) is 0 Å². The van der Waals surface area contributed by atoms with Crippen LogP contribution < -0.4 is 0 Å². The van der Waals surface area contributed by atoms with Crippen LogP contribution in [0.5, 0.6) is 0 Å². The molecule has 0 radical (unpaired) electrons. The SMILES string of the molecule is C=CC.CCO[SiH](OCC)OCC.CCO[SiH](OCC)OCC. The fourth-order valence-corrected chi connectivity index (χ4v) is 3.32. The van der Waals surface area contributed by atoms with Crippen LogP contribution in [0.25, 0.3) is 0 Å². The summed E-state index contributed by atoms with van der Waals surface area (Å²) < 4.78 is 31.3. The fraction of sp³-hybridized carbons (Fsp3) is 0.867. The lowest BCUT2D eigenvalue weighted by molar-refractivity contribution is 0.106. The standard InChI is InChI=1S/2C6H16O3Si.C3H6/c2*1-4-7-10(8-5-2)9-6-3;1-3-2/h2*10H,4-6H2,1-3H3;3H,1H2,2H3. The summed E-state index contributed by atoms with van der Waals surface area (Å²) in [6.45, 7) is 21.0. The predicted molar refractivity (Wildman–Crippen MR) is 99.9 cm³/mol.